The van der Waals surface area contributed by atoms with Gasteiger partial charge >= 0.3 is 5.97 Å². The van der Waals surface area contributed by atoms with E-state index in [1.807, 2.05) is 67.6 Å². The molecule has 5 nitrogen and oxygen atoms in total. The topological polar surface area (TPSA) is 60.5 Å². The molecule has 27 heavy (non-hydrogen) atoms. The van der Waals surface area contributed by atoms with E-state index < -0.39 is 0 Å². The molecule has 0 aliphatic rings. The SMILES string of the molecule is CCOC(=O)CC(NCc1ccc(OC)cc1)c1ccc2ccccc2n1. The summed E-state index contributed by atoms with van der Waals surface area (Å²) < 4.78 is 10.3. The molecule has 0 amide bonds. The summed E-state index contributed by atoms with van der Waals surface area (Å²) in [5.41, 5.74) is 2.84. The van der Waals surface area contributed by atoms with Gasteiger partial charge in [-0.2, -0.15) is 0 Å². The number of carbonyl (C=O) groups is 1. The third-order valence-electron chi connectivity index (χ3n) is 4.36. The fourth-order valence-corrected chi connectivity index (χ4v) is 2.93. The van der Waals surface area contributed by atoms with Gasteiger partial charge in [-0.3, -0.25) is 9.78 Å². The number of esters is 1. The van der Waals surface area contributed by atoms with Crippen LogP contribution >= 0.6 is 0 Å². The molecule has 3 aromatic rings. The molecule has 1 aromatic heterocycles. The molecular weight excluding hydrogens is 340 g/mol. The highest BCUT2D eigenvalue weighted by molar-refractivity contribution is 5.78. The molecule has 0 fully saturated rings. The minimum absolute atomic E-state index is 0.226. The molecule has 5 heteroatoms. The monoisotopic (exact) mass is 364 g/mol. The number of benzene rings is 2. The molecule has 1 unspecified atom stereocenters. The van der Waals surface area contributed by atoms with Crippen molar-refractivity contribution in [2.75, 3.05) is 13.7 Å². The first kappa shape index (κ1) is 18.9. The zero-order valence-corrected chi connectivity index (χ0v) is 15.6. The van der Waals surface area contributed by atoms with E-state index in [-0.39, 0.29) is 18.4 Å². The number of para-hydroxylation sites is 1. The maximum atomic E-state index is 12.1. The van der Waals surface area contributed by atoms with E-state index in [0.717, 1.165) is 27.9 Å². The van der Waals surface area contributed by atoms with Crippen LogP contribution in [0.2, 0.25) is 0 Å². The van der Waals surface area contributed by atoms with E-state index >= 15 is 0 Å². The predicted octanol–water partition coefficient (Wildman–Crippen LogP) is 4.03. The number of hydrogen-bond acceptors (Lipinski definition) is 5. The lowest BCUT2D eigenvalue weighted by Crippen LogP contribution is -2.25. The summed E-state index contributed by atoms with van der Waals surface area (Å²) in [6, 6.07) is 19.6. The molecule has 1 heterocycles. The van der Waals surface area contributed by atoms with Crippen LogP contribution in [0.15, 0.2) is 60.7 Å². The minimum atomic E-state index is -0.236. The summed E-state index contributed by atoms with van der Waals surface area (Å²) in [5, 5.41) is 4.51. The lowest BCUT2D eigenvalue weighted by atomic mass is 10.1. The van der Waals surface area contributed by atoms with Crippen molar-refractivity contribution in [2.24, 2.45) is 0 Å². The van der Waals surface area contributed by atoms with E-state index in [4.69, 9.17) is 14.5 Å². The summed E-state index contributed by atoms with van der Waals surface area (Å²) in [7, 11) is 1.65. The van der Waals surface area contributed by atoms with Crippen molar-refractivity contribution in [2.45, 2.75) is 25.9 Å². The first-order chi connectivity index (χ1) is 13.2. The lowest BCUT2D eigenvalue weighted by Gasteiger charge is -2.18. The van der Waals surface area contributed by atoms with Crippen LogP contribution in [-0.4, -0.2) is 24.7 Å². The van der Waals surface area contributed by atoms with Crippen LogP contribution in [0.5, 0.6) is 5.75 Å². The molecule has 2 aromatic carbocycles. The van der Waals surface area contributed by atoms with Gasteiger partial charge < -0.3 is 14.8 Å². The van der Waals surface area contributed by atoms with Gasteiger partial charge in [0.2, 0.25) is 0 Å². The van der Waals surface area contributed by atoms with Crippen molar-refractivity contribution in [1.82, 2.24) is 10.3 Å². The molecule has 1 N–H and O–H groups in total. The molecule has 0 spiro atoms. The van der Waals surface area contributed by atoms with Crippen LogP contribution in [0.25, 0.3) is 10.9 Å². The zero-order chi connectivity index (χ0) is 19.1. The van der Waals surface area contributed by atoms with E-state index in [1.165, 1.54) is 0 Å². The maximum absolute atomic E-state index is 12.1. The fraction of sp³-hybridized carbons (Fsp3) is 0.273. The number of hydrogen-bond donors (Lipinski definition) is 1. The van der Waals surface area contributed by atoms with Crippen molar-refractivity contribution < 1.29 is 14.3 Å². The summed E-state index contributed by atoms with van der Waals surface area (Å²) in [4.78, 5) is 16.8. The molecular formula is C22H24N2O3. The first-order valence-corrected chi connectivity index (χ1v) is 9.07. The summed E-state index contributed by atoms with van der Waals surface area (Å²) in [6.07, 6.45) is 0.231. The Hall–Kier alpha value is -2.92. The number of nitrogens with zero attached hydrogens (tertiary/aromatic N) is 1. The van der Waals surface area contributed by atoms with E-state index in [1.54, 1.807) is 7.11 Å². The van der Waals surface area contributed by atoms with E-state index in [9.17, 15) is 4.79 Å². The number of nitrogens with one attached hydrogen (secondary N) is 1. The number of ether oxygens (including phenoxy) is 2. The van der Waals surface area contributed by atoms with Crippen molar-refractivity contribution in [3.63, 3.8) is 0 Å². The molecule has 3 rings (SSSR count). The van der Waals surface area contributed by atoms with Gasteiger partial charge in [0, 0.05) is 11.9 Å². The summed E-state index contributed by atoms with van der Waals surface area (Å²) >= 11 is 0. The molecule has 0 saturated heterocycles. The molecule has 1 atom stereocenters. The summed E-state index contributed by atoms with van der Waals surface area (Å²) in [5.74, 6) is 0.581. The Morgan fingerprint density at radius 1 is 1.07 bits per heavy atom. The van der Waals surface area contributed by atoms with Gasteiger partial charge in [-0.15, -0.1) is 0 Å². The van der Waals surface area contributed by atoms with Gasteiger partial charge in [0.25, 0.3) is 0 Å². The van der Waals surface area contributed by atoms with Crippen LogP contribution in [0.1, 0.15) is 30.6 Å². The second-order valence-corrected chi connectivity index (χ2v) is 6.22. The first-order valence-electron chi connectivity index (χ1n) is 9.07. The molecule has 140 valence electrons. The van der Waals surface area contributed by atoms with E-state index in [0.29, 0.717) is 13.2 Å². The van der Waals surface area contributed by atoms with Crippen LogP contribution in [0.4, 0.5) is 0 Å². The van der Waals surface area contributed by atoms with Crippen LogP contribution in [-0.2, 0) is 16.1 Å². The average molecular weight is 364 g/mol. The second kappa shape index (κ2) is 9.14. The van der Waals surface area contributed by atoms with Crippen LogP contribution < -0.4 is 10.1 Å². The van der Waals surface area contributed by atoms with Crippen molar-refractivity contribution >= 4 is 16.9 Å². The number of rotatable bonds is 8. The third kappa shape index (κ3) is 5.05. The van der Waals surface area contributed by atoms with Crippen LogP contribution in [0.3, 0.4) is 0 Å². The largest absolute Gasteiger partial charge is 0.497 e. The molecule has 0 saturated carbocycles. The zero-order valence-electron chi connectivity index (χ0n) is 15.6. The number of pyridine rings is 1. The normalized spacial score (nSPS) is 11.9. The smallest absolute Gasteiger partial charge is 0.307 e. The Morgan fingerprint density at radius 3 is 2.59 bits per heavy atom. The van der Waals surface area contributed by atoms with Gasteiger partial charge in [0.15, 0.2) is 0 Å². The Labute approximate surface area is 159 Å². The number of fused-ring (bicyclic) bond motifs is 1. The predicted molar refractivity (Wildman–Crippen MR) is 106 cm³/mol. The highest BCUT2D eigenvalue weighted by Gasteiger charge is 2.18. The minimum Gasteiger partial charge on any atom is -0.497 e. The Kier molecular flexibility index (Phi) is 6.39. The van der Waals surface area contributed by atoms with Gasteiger partial charge in [0.1, 0.15) is 5.75 Å². The van der Waals surface area contributed by atoms with Gasteiger partial charge in [-0.1, -0.05) is 36.4 Å². The fourth-order valence-electron chi connectivity index (χ4n) is 2.93. The van der Waals surface area contributed by atoms with Crippen molar-refractivity contribution in [3.8, 4) is 5.75 Å². The lowest BCUT2D eigenvalue weighted by molar-refractivity contribution is -0.143. The Morgan fingerprint density at radius 2 is 1.85 bits per heavy atom. The highest BCUT2D eigenvalue weighted by atomic mass is 16.5. The van der Waals surface area contributed by atoms with Crippen molar-refractivity contribution in [1.29, 1.82) is 0 Å². The summed E-state index contributed by atoms with van der Waals surface area (Å²) in [6.45, 7) is 2.80. The third-order valence-corrected chi connectivity index (χ3v) is 4.36. The van der Waals surface area contributed by atoms with Gasteiger partial charge in [0.05, 0.1) is 37.4 Å². The van der Waals surface area contributed by atoms with E-state index in [2.05, 4.69) is 5.32 Å². The highest BCUT2D eigenvalue weighted by Crippen LogP contribution is 2.21. The van der Waals surface area contributed by atoms with Crippen molar-refractivity contribution in [3.05, 3.63) is 71.9 Å². The molecule has 0 aliphatic heterocycles. The maximum Gasteiger partial charge on any atom is 0.307 e. The Bertz CT molecular complexity index is 893. The van der Waals surface area contributed by atoms with Crippen LogP contribution in [0, 0.1) is 0 Å². The van der Waals surface area contributed by atoms with Gasteiger partial charge in [-0.25, -0.2) is 0 Å². The standard InChI is InChI=1S/C22H24N2O3/c1-3-27-22(25)14-21(23-15-16-8-11-18(26-2)12-9-16)20-13-10-17-6-4-5-7-19(17)24-20/h4-13,21,23H,3,14-15H2,1-2H3. The Balaban J connectivity index is 1.79. The number of carbonyl (C=O) groups excluding carboxylic acids is 1. The quantitative estimate of drug-likeness (QED) is 0.612. The second-order valence-electron chi connectivity index (χ2n) is 6.22. The number of aromatic nitrogens is 1. The molecule has 0 radical (unpaired) electrons. The molecule has 0 bridgehead atoms. The number of methoxy groups -OCH3 is 1. The molecule has 0 aliphatic carbocycles. The van der Waals surface area contributed by atoms with Gasteiger partial charge in [-0.05, 0) is 36.8 Å². The average Bonchev–Trinajstić information content (AvgIpc) is 2.71.